The van der Waals surface area contributed by atoms with Gasteiger partial charge in [-0.3, -0.25) is 9.59 Å². The van der Waals surface area contributed by atoms with Crippen LogP contribution in [0.1, 0.15) is 33.8 Å². The van der Waals surface area contributed by atoms with Crippen molar-refractivity contribution in [3.05, 3.63) is 70.2 Å². The Morgan fingerprint density at radius 3 is 2.71 bits per heavy atom. The highest BCUT2D eigenvalue weighted by Gasteiger charge is 2.43. The van der Waals surface area contributed by atoms with Crippen molar-refractivity contribution in [3.63, 3.8) is 0 Å². The maximum atomic E-state index is 12.3. The van der Waals surface area contributed by atoms with Gasteiger partial charge in [0.15, 0.2) is 0 Å². The molecule has 1 saturated carbocycles. The number of nitrogens with one attached hydrogen (secondary N) is 2. The molecule has 0 spiro atoms. The summed E-state index contributed by atoms with van der Waals surface area (Å²) in [6, 6.07) is 14.9. The number of halogens is 1. The van der Waals surface area contributed by atoms with E-state index in [-0.39, 0.29) is 23.7 Å². The molecule has 2 N–H and O–H groups in total. The minimum atomic E-state index is -0.133. The van der Waals surface area contributed by atoms with E-state index in [1.54, 1.807) is 19.2 Å². The minimum Gasteiger partial charge on any atom is -0.355 e. The van der Waals surface area contributed by atoms with E-state index < -0.39 is 0 Å². The smallest absolute Gasteiger partial charge is 0.251 e. The molecule has 0 heterocycles. The Balaban J connectivity index is 1.56. The molecule has 1 aliphatic rings. The van der Waals surface area contributed by atoms with Gasteiger partial charge in [0.05, 0.1) is 0 Å². The van der Waals surface area contributed by atoms with Crippen molar-refractivity contribution >= 4 is 23.4 Å². The zero-order valence-electron chi connectivity index (χ0n) is 13.4. The standard InChI is InChI=1S/C19H19ClN2O2/c1-21-18(23)14-6-2-4-12(8-14)11-22-19(24)17-10-16(17)13-5-3-7-15(20)9-13/h2-9,16-17H,10-11H2,1H3,(H,21,23)(H,22,24)/t16-,17-/m1/s1. The van der Waals surface area contributed by atoms with Crippen molar-refractivity contribution in [2.75, 3.05) is 7.05 Å². The summed E-state index contributed by atoms with van der Waals surface area (Å²) in [5.74, 6) is 0.170. The number of benzene rings is 2. The molecule has 1 aliphatic carbocycles. The van der Waals surface area contributed by atoms with Crippen LogP contribution in [0.3, 0.4) is 0 Å². The fourth-order valence-electron chi connectivity index (χ4n) is 2.88. The number of rotatable bonds is 5. The largest absolute Gasteiger partial charge is 0.355 e. The molecule has 0 bridgehead atoms. The van der Waals surface area contributed by atoms with Crippen LogP contribution in [0.15, 0.2) is 48.5 Å². The molecule has 4 nitrogen and oxygen atoms in total. The number of hydrogen-bond acceptors (Lipinski definition) is 2. The van der Waals surface area contributed by atoms with E-state index in [0.29, 0.717) is 17.1 Å². The van der Waals surface area contributed by atoms with Gasteiger partial charge in [-0.1, -0.05) is 35.9 Å². The molecule has 2 atom stereocenters. The van der Waals surface area contributed by atoms with Gasteiger partial charge in [0, 0.05) is 30.1 Å². The van der Waals surface area contributed by atoms with Crippen LogP contribution in [0.25, 0.3) is 0 Å². The quantitative estimate of drug-likeness (QED) is 0.877. The fourth-order valence-corrected chi connectivity index (χ4v) is 3.08. The van der Waals surface area contributed by atoms with Gasteiger partial charge in [0.25, 0.3) is 5.91 Å². The van der Waals surface area contributed by atoms with Gasteiger partial charge in [0.1, 0.15) is 0 Å². The lowest BCUT2D eigenvalue weighted by molar-refractivity contribution is -0.122. The van der Waals surface area contributed by atoms with E-state index in [2.05, 4.69) is 10.6 Å². The fraction of sp³-hybridized carbons (Fsp3) is 0.263. The van der Waals surface area contributed by atoms with Crippen LogP contribution >= 0.6 is 11.6 Å². The van der Waals surface area contributed by atoms with E-state index >= 15 is 0 Å². The van der Waals surface area contributed by atoms with Crippen LogP contribution in [0.4, 0.5) is 0 Å². The second kappa shape index (κ2) is 7.05. The third kappa shape index (κ3) is 3.77. The van der Waals surface area contributed by atoms with Gasteiger partial charge >= 0.3 is 0 Å². The van der Waals surface area contributed by atoms with E-state index in [0.717, 1.165) is 17.5 Å². The number of carbonyl (C=O) groups is 2. The molecule has 0 radical (unpaired) electrons. The monoisotopic (exact) mass is 342 g/mol. The molecule has 0 saturated heterocycles. The first kappa shape index (κ1) is 16.5. The van der Waals surface area contributed by atoms with E-state index in [1.807, 2.05) is 36.4 Å². The molecule has 0 aliphatic heterocycles. The molecule has 0 aromatic heterocycles. The van der Waals surface area contributed by atoms with Crippen molar-refractivity contribution in [1.82, 2.24) is 10.6 Å². The van der Waals surface area contributed by atoms with Crippen molar-refractivity contribution < 1.29 is 9.59 Å². The third-order valence-corrected chi connectivity index (χ3v) is 4.52. The number of hydrogen-bond donors (Lipinski definition) is 2. The highest BCUT2D eigenvalue weighted by atomic mass is 35.5. The highest BCUT2D eigenvalue weighted by molar-refractivity contribution is 6.30. The predicted octanol–water partition coefficient (Wildman–Crippen LogP) is 3.12. The summed E-state index contributed by atoms with van der Waals surface area (Å²) in [6.07, 6.45) is 0.852. The predicted molar refractivity (Wildman–Crippen MR) is 94.0 cm³/mol. The first-order chi connectivity index (χ1) is 11.6. The summed E-state index contributed by atoms with van der Waals surface area (Å²) in [4.78, 5) is 23.9. The second-order valence-corrected chi connectivity index (χ2v) is 6.44. The van der Waals surface area contributed by atoms with Crippen molar-refractivity contribution in [1.29, 1.82) is 0 Å². The molecule has 3 rings (SSSR count). The van der Waals surface area contributed by atoms with Gasteiger partial charge in [0.2, 0.25) is 5.91 Å². The van der Waals surface area contributed by atoms with E-state index in [9.17, 15) is 9.59 Å². The lowest BCUT2D eigenvalue weighted by Gasteiger charge is -2.07. The van der Waals surface area contributed by atoms with Crippen LogP contribution in [-0.4, -0.2) is 18.9 Å². The summed E-state index contributed by atoms with van der Waals surface area (Å²) in [5.41, 5.74) is 2.61. The average molecular weight is 343 g/mol. The van der Waals surface area contributed by atoms with Crippen LogP contribution in [0, 0.1) is 5.92 Å². The Morgan fingerprint density at radius 1 is 1.17 bits per heavy atom. The number of amides is 2. The van der Waals surface area contributed by atoms with E-state index in [1.165, 1.54) is 0 Å². The van der Waals surface area contributed by atoms with Crippen molar-refractivity contribution in [2.45, 2.75) is 18.9 Å². The maximum Gasteiger partial charge on any atom is 0.251 e. The van der Waals surface area contributed by atoms with Gasteiger partial charge in [-0.25, -0.2) is 0 Å². The maximum absolute atomic E-state index is 12.3. The average Bonchev–Trinajstić information content (AvgIpc) is 3.40. The van der Waals surface area contributed by atoms with Crippen LogP contribution in [0.2, 0.25) is 5.02 Å². The Labute approximate surface area is 146 Å². The Kier molecular flexibility index (Phi) is 4.86. The first-order valence-electron chi connectivity index (χ1n) is 7.92. The zero-order valence-corrected chi connectivity index (χ0v) is 14.1. The highest BCUT2D eigenvalue weighted by Crippen LogP contribution is 2.47. The summed E-state index contributed by atoms with van der Waals surface area (Å²) < 4.78 is 0. The minimum absolute atomic E-state index is 0.00518. The van der Waals surface area contributed by atoms with Crippen LogP contribution in [-0.2, 0) is 11.3 Å². The summed E-state index contributed by atoms with van der Waals surface area (Å²) >= 11 is 6.00. The molecule has 5 heteroatoms. The molecule has 24 heavy (non-hydrogen) atoms. The SMILES string of the molecule is CNC(=O)c1cccc(CNC(=O)[C@@H]2C[C@@H]2c2cccc(Cl)c2)c1. The van der Waals surface area contributed by atoms with Crippen LogP contribution in [0.5, 0.6) is 0 Å². The molecule has 2 aromatic carbocycles. The summed E-state index contributed by atoms with van der Waals surface area (Å²) in [6.45, 7) is 0.419. The Morgan fingerprint density at radius 2 is 1.96 bits per heavy atom. The molecule has 2 aromatic rings. The van der Waals surface area contributed by atoms with E-state index in [4.69, 9.17) is 11.6 Å². The topological polar surface area (TPSA) is 58.2 Å². The Hall–Kier alpha value is -2.33. The van der Waals surface area contributed by atoms with Gasteiger partial charge in [-0.2, -0.15) is 0 Å². The summed E-state index contributed by atoms with van der Waals surface area (Å²) in [7, 11) is 1.60. The van der Waals surface area contributed by atoms with Crippen molar-refractivity contribution in [3.8, 4) is 0 Å². The molecule has 2 amide bonds. The number of carbonyl (C=O) groups excluding carboxylic acids is 2. The van der Waals surface area contributed by atoms with Crippen LogP contribution < -0.4 is 10.6 Å². The van der Waals surface area contributed by atoms with Gasteiger partial charge in [-0.15, -0.1) is 0 Å². The second-order valence-electron chi connectivity index (χ2n) is 6.00. The normalized spacial score (nSPS) is 18.8. The molecule has 0 unspecified atom stereocenters. The van der Waals surface area contributed by atoms with Gasteiger partial charge < -0.3 is 10.6 Å². The molecule has 1 fully saturated rings. The van der Waals surface area contributed by atoms with Gasteiger partial charge in [-0.05, 0) is 47.7 Å². The lowest BCUT2D eigenvalue weighted by Crippen LogP contribution is -2.25. The Bertz CT molecular complexity index is 775. The molecular weight excluding hydrogens is 324 g/mol. The van der Waals surface area contributed by atoms with Crippen molar-refractivity contribution in [2.24, 2.45) is 5.92 Å². The zero-order chi connectivity index (χ0) is 17.1. The first-order valence-corrected chi connectivity index (χ1v) is 8.30. The summed E-state index contributed by atoms with van der Waals surface area (Å²) in [5, 5.41) is 6.25. The molecule has 124 valence electrons. The molecular formula is C19H19ClN2O2. The lowest BCUT2D eigenvalue weighted by atomic mass is 10.1. The third-order valence-electron chi connectivity index (χ3n) is 4.29.